The van der Waals surface area contributed by atoms with Gasteiger partial charge in [-0.15, -0.1) is 11.3 Å². The number of unbranched alkanes of at least 4 members (excludes halogenated alkanes) is 1. The van der Waals surface area contributed by atoms with Crippen LogP contribution in [0.5, 0.6) is 0 Å². The lowest BCUT2D eigenvalue weighted by molar-refractivity contribution is 0.246. The van der Waals surface area contributed by atoms with Crippen LogP contribution in [0.25, 0.3) is 0 Å². The molecule has 30 heavy (non-hydrogen) atoms. The Kier molecular flexibility index (Phi) is 6.67. The van der Waals surface area contributed by atoms with E-state index >= 15 is 0 Å². The van der Waals surface area contributed by atoms with Gasteiger partial charge in [-0.2, -0.15) is 5.26 Å². The number of thiophene rings is 1. The third kappa shape index (κ3) is 5.02. The van der Waals surface area contributed by atoms with E-state index in [1.807, 2.05) is 35.7 Å². The molecule has 3 aromatic rings. The van der Waals surface area contributed by atoms with Crippen molar-refractivity contribution in [2.75, 3.05) is 11.9 Å². The molecule has 0 aromatic carbocycles. The molecule has 0 aliphatic carbocycles. The molecule has 0 spiro atoms. The molecular formula is C23H26N6S. The summed E-state index contributed by atoms with van der Waals surface area (Å²) >= 11 is 1.95. The van der Waals surface area contributed by atoms with Crippen LogP contribution in [-0.4, -0.2) is 26.4 Å². The first-order valence-electron chi connectivity index (χ1n) is 10.5. The van der Waals surface area contributed by atoms with Gasteiger partial charge in [0, 0.05) is 22.5 Å². The molecule has 1 atom stereocenters. The molecule has 1 unspecified atom stereocenters. The second-order valence-corrected chi connectivity index (χ2v) is 8.83. The average Bonchev–Trinajstić information content (AvgIpc) is 3.43. The van der Waals surface area contributed by atoms with E-state index in [1.165, 1.54) is 35.4 Å². The number of rotatable bonds is 8. The smallest absolute Gasteiger partial charge is 0.227 e. The van der Waals surface area contributed by atoms with E-state index in [1.54, 1.807) is 12.3 Å². The fourth-order valence-corrected chi connectivity index (χ4v) is 4.91. The minimum atomic E-state index is 0.314. The van der Waals surface area contributed by atoms with Crippen LogP contribution in [0, 0.1) is 11.3 Å². The first-order chi connectivity index (χ1) is 14.7. The second kappa shape index (κ2) is 9.79. The molecule has 0 saturated carbocycles. The Labute approximate surface area is 181 Å². The summed E-state index contributed by atoms with van der Waals surface area (Å²) in [7, 11) is 0. The van der Waals surface area contributed by atoms with Gasteiger partial charge in [0.1, 0.15) is 11.8 Å². The maximum Gasteiger partial charge on any atom is 0.227 e. The molecule has 1 aliphatic heterocycles. The van der Waals surface area contributed by atoms with E-state index in [9.17, 15) is 0 Å². The minimum Gasteiger partial charge on any atom is -0.323 e. The SMILES string of the molecule is CCCCc1ccc(CN2CCCC2c2ccnc(Nc3ccc(C#N)nc3)n2)s1. The predicted molar refractivity (Wildman–Crippen MR) is 120 cm³/mol. The molecule has 3 aromatic heterocycles. The van der Waals surface area contributed by atoms with E-state index in [0.29, 0.717) is 17.7 Å². The second-order valence-electron chi connectivity index (χ2n) is 7.57. The van der Waals surface area contributed by atoms with Crippen molar-refractivity contribution in [1.29, 1.82) is 5.26 Å². The molecule has 1 N–H and O–H groups in total. The van der Waals surface area contributed by atoms with Gasteiger partial charge in [0.2, 0.25) is 5.95 Å². The number of nitriles is 1. The zero-order valence-corrected chi connectivity index (χ0v) is 18.0. The first-order valence-corrected chi connectivity index (χ1v) is 11.3. The van der Waals surface area contributed by atoms with Crippen molar-refractivity contribution in [2.24, 2.45) is 0 Å². The van der Waals surface area contributed by atoms with Crippen molar-refractivity contribution in [3.63, 3.8) is 0 Å². The van der Waals surface area contributed by atoms with Crippen molar-refractivity contribution in [1.82, 2.24) is 19.9 Å². The van der Waals surface area contributed by atoms with Gasteiger partial charge in [-0.1, -0.05) is 13.3 Å². The van der Waals surface area contributed by atoms with Gasteiger partial charge in [-0.25, -0.2) is 15.0 Å². The molecule has 1 fully saturated rings. The predicted octanol–water partition coefficient (Wildman–Crippen LogP) is 5.23. The molecule has 1 aliphatic rings. The quantitative estimate of drug-likeness (QED) is 0.540. The highest BCUT2D eigenvalue weighted by Crippen LogP contribution is 2.33. The molecule has 0 radical (unpaired) electrons. The fourth-order valence-electron chi connectivity index (χ4n) is 3.82. The van der Waals surface area contributed by atoms with Crippen molar-refractivity contribution >= 4 is 23.0 Å². The number of aromatic nitrogens is 3. The summed E-state index contributed by atoms with van der Waals surface area (Å²) in [5.41, 5.74) is 2.21. The zero-order chi connectivity index (χ0) is 20.8. The fraction of sp³-hybridized carbons (Fsp3) is 0.391. The molecule has 4 rings (SSSR count). The molecule has 4 heterocycles. The summed E-state index contributed by atoms with van der Waals surface area (Å²) in [5, 5.41) is 12.1. The topological polar surface area (TPSA) is 77.7 Å². The number of nitrogens with one attached hydrogen (secondary N) is 1. The van der Waals surface area contributed by atoms with Crippen LogP contribution >= 0.6 is 11.3 Å². The number of pyridine rings is 1. The Morgan fingerprint density at radius 2 is 2.10 bits per heavy atom. The number of likely N-dealkylation sites (tertiary alicyclic amines) is 1. The van der Waals surface area contributed by atoms with Gasteiger partial charge in [0.15, 0.2) is 0 Å². The summed E-state index contributed by atoms with van der Waals surface area (Å²) < 4.78 is 0. The highest BCUT2D eigenvalue weighted by Gasteiger charge is 2.27. The highest BCUT2D eigenvalue weighted by molar-refractivity contribution is 7.11. The van der Waals surface area contributed by atoms with E-state index in [-0.39, 0.29) is 0 Å². The van der Waals surface area contributed by atoms with E-state index in [0.717, 1.165) is 30.9 Å². The largest absolute Gasteiger partial charge is 0.323 e. The summed E-state index contributed by atoms with van der Waals surface area (Å²) in [6.07, 6.45) is 9.43. The van der Waals surface area contributed by atoms with E-state index in [4.69, 9.17) is 10.2 Å². The molecule has 0 bridgehead atoms. The molecular weight excluding hydrogens is 392 g/mol. The van der Waals surface area contributed by atoms with Gasteiger partial charge >= 0.3 is 0 Å². The maximum atomic E-state index is 8.88. The molecule has 0 amide bonds. The van der Waals surface area contributed by atoms with Gasteiger partial charge in [0.25, 0.3) is 0 Å². The normalized spacial score (nSPS) is 16.5. The van der Waals surface area contributed by atoms with Crippen molar-refractivity contribution in [2.45, 2.75) is 51.6 Å². The Bertz CT molecular complexity index is 1010. The molecule has 154 valence electrons. The van der Waals surface area contributed by atoms with Crippen LogP contribution in [0.4, 0.5) is 11.6 Å². The monoisotopic (exact) mass is 418 g/mol. The zero-order valence-electron chi connectivity index (χ0n) is 17.2. The van der Waals surface area contributed by atoms with Crippen LogP contribution in [0.15, 0.2) is 42.7 Å². The summed E-state index contributed by atoms with van der Waals surface area (Å²) in [5.74, 6) is 0.559. The van der Waals surface area contributed by atoms with Crippen LogP contribution in [-0.2, 0) is 13.0 Å². The Morgan fingerprint density at radius 3 is 2.90 bits per heavy atom. The maximum absolute atomic E-state index is 8.88. The number of hydrogen-bond acceptors (Lipinski definition) is 7. The number of anilines is 2. The van der Waals surface area contributed by atoms with Gasteiger partial charge in [-0.05, 0) is 62.6 Å². The van der Waals surface area contributed by atoms with E-state index in [2.05, 4.69) is 39.2 Å². The third-order valence-corrected chi connectivity index (χ3v) is 6.50. The van der Waals surface area contributed by atoms with Crippen molar-refractivity contribution < 1.29 is 0 Å². The van der Waals surface area contributed by atoms with Crippen molar-refractivity contribution in [3.8, 4) is 6.07 Å². The van der Waals surface area contributed by atoms with Crippen LogP contribution < -0.4 is 5.32 Å². The average molecular weight is 419 g/mol. The van der Waals surface area contributed by atoms with Gasteiger partial charge in [-0.3, -0.25) is 4.90 Å². The van der Waals surface area contributed by atoms with Crippen molar-refractivity contribution in [3.05, 3.63) is 63.9 Å². The molecule has 6 nitrogen and oxygen atoms in total. The summed E-state index contributed by atoms with van der Waals surface area (Å²) in [6, 6.07) is 12.4. The lowest BCUT2D eigenvalue weighted by Gasteiger charge is -2.23. The Balaban J connectivity index is 1.44. The lowest BCUT2D eigenvalue weighted by atomic mass is 10.1. The van der Waals surface area contributed by atoms with Crippen LogP contribution in [0.3, 0.4) is 0 Å². The van der Waals surface area contributed by atoms with Gasteiger partial charge < -0.3 is 5.32 Å². The highest BCUT2D eigenvalue weighted by atomic mass is 32.1. The Hall–Kier alpha value is -2.82. The minimum absolute atomic E-state index is 0.314. The first kappa shape index (κ1) is 20.5. The number of hydrogen-bond donors (Lipinski definition) is 1. The lowest BCUT2D eigenvalue weighted by Crippen LogP contribution is -2.23. The summed E-state index contributed by atoms with van der Waals surface area (Å²) in [4.78, 5) is 18.7. The molecule has 7 heteroatoms. The Morgan fingerprint density at radius 1 is 1.20 bits per heavy atom. The number of aryl methyl sites for hydroxylation is 1. The van der Waals surface area contributed by atoms with Gasteiger partial charge in [0.05, 0.1) is 23.6 Å². The summed E-state index contributed by atoms with van der Waals surface area (Å²) in [6.45, 7) is 4.32. The molecule has 1 saturated heterocycles. The standard InChI is InChI=1S/C23H26N6S/c1-2-3-5-19-9-10-20(30-19)16-29-13-4-6-22(29)21-11-12-25-23(28-21)27-18-8-7-17(14-24)26-15-18/h7-12,15,22H,2-6,13,16H2,1H3,(H,25,27,28). The third-order valence-electron chi connectivity index (χ3n) is 5.37. The van der Waals surface area contributed by atoms with Crippen LogP contribution in [0.2, 0.25) is 0 Å². The van der Waals surface area contributed by atoms with E-state index < -0.39 is 0 Å². The van der Waals surface area contributed by atoms with Crippen LogP contribution in [0.1, 0.15) is 59.8 Å². The number of nitrogens with zero attached hydrogens (tertiary/aromatic N) is 5.